The van der Waals surface area contributed by atoms with Gasteiger partial charge in [0.25, 0.3) is 0 Å². The third-order valence-corrected chi connectivity index (χ3v) is 2.95. The van der Waals surface area contributed by atoms with Crippen LogP contribution >= 0.6 is 0 Å². The molecule has 0 aliphatic carbocycles. The molecule has 1 heterocycles. The summed E-state index contributed by atoms with van der Waals surface area (Å²) in [6.07, 6.45) is 4.03. The highest BCUT2D eigenvalue weighted by atomic mass is 15.1. The second-order valence-corrected chi connectivity index (χ2v) is 5.35. The van der Waals surface area contributed by atoms with Crippen molar-refractivity contribution < 1.29 is 0 Å². The monoisotopic (exact) mass is 250 g/mol. The topological polar surface area (TPSA) is 49.8 Å². The van der Waals surface area contributed by atoms with Crippen LogP contribution in [0.3, 0.4) is 0 Å². The van der Waals surface area contributed by atoms with Gasteiger partial charge < -0.3 is 10.6 Å². The first-order valence-corrected chi connectivity index (χ1v) is 6.82. The van der Waals surface area contributed by atoms with Crippen molar-refractivity contribution in [3.63, 3.8) is 0 Å². The van der Waals surface area contributed by atoms with Crippen molar-refractivity contribution in [3.8, 4) is 0 Å². The first kappa shape index (κ1) is 14.7. The van der Waals surface area contributed by atoms with Crippen LogP contribution in [0.4, 0.5) is 11.6 Å². The zero-order valence-electron chi connectivity index (χ0n) is 12.2. The lowest BCUT2D eigenvalue weighted by Gasteiger charge is -2.16. The molecule has 0 aliphatic rings. The molecular weight excluding hydrogens is 224 g/mol. The van der Waals surface area contributed by atoms with Gasteiger partial charge in [0.1, 0.15) is 18.0 Å². The average molecular weight is 250 g/mol. The van der Waals surface area contributed by atoms with Gasteiger partial charge in [0.15, 0.2) is 0 Å². The number of hydrogen-bond donors (Lipinski definition) is 2. The van der Waals surface area contributed by atoms with Crippen molar-refractivity contribution in [2.24, 2.45) is 5.92 Å². The fraction of sp³-hybridized carbons (Fsp3) is 0.714. The van der Waals surface area contributed by atoms with E-state index in [0.717, 1.165) is 24.1 Å². The molecule has 0 aliphatic heterocycles. The Morgan fingerprint density at radius 2 is 1.78 bits per heavy atom. The van der Waals surface area contributed by atoms with E-state index in [1.54, 1.807) is 6.33 Å². The molecular formula is C14H26N4. The molecule has 102 valence electrons. The molecule has 0 fully saturated rings. The average Bonchev–Trinajstić information content (AvgIpc) is 2.33. The summed E-state index contributed by atoms with van der Waals surface area (Å²) < 4.78 is 0. The minimum absolute atomic E-state index is 0.404. The van der Waals surface area contributed by atoms with E-state index in [1.807, 2.05) is 7.05 Å². The quantitative estimate of drug-likeness (QED) is 0.727. The Morgan fingerprint density at radius 3 is 2.33 bits per heavy atom. The van der Waals surface area contributed by atoms with Gasteiger partial charge >= 0.3 is 0 Å². The van der Waals surface area contributed by atoms with Gasteiger partial charge in [0, 0.05) is 19.2 Å². The molecule has 2 N–H and O–H groups in total. The van der Waals surface area contributed by atoms with Gasteiger partial charge in [-0.1, -0.05) is 27.7 Å². The third-order valence-electron chi connectivity index (χ3n) is 2.95. The predicted octanol–water partition coefficient (Wildman–Crippen LogP) is 3.49. The smallest absolute Gasteiger partial charge is 0.134 e. The normalized spacial score (nSPS) is 11.1. The summed E-state index contributed by atoms with van der Waals surface area (Å²) in [5, 5.41) is 6.57. The van der Waals surface area contributed by atoms with Gasteiger partial charge in [-0.2, -0.15) is 0 Å². The van der Waals surface area contributed by atoms with E-state index >= 15 is 0 Å². The summed E-state index contributed by atoms with van der Waals surface area (Å²) in [5.74, 6) is 3.05. The van der Waals surface area contributed by atoms with Crippen LogP contribution in [0.25, 0.3) is 0 Å². The van der Waals surface area contributed by atoms with Crippen LogP contribution in [0, 0.1) is 5.92 Å². The van der Waals surface area contributed by atoms with E-state index in [1.165, 1.54) is 18.4 Å². The Balaban J connectivity index is 2.69. The van der Waals surface area contributed by atoms with Crippen LogP contribution in [0.15, 0.2) is 6.33 Å². The van der Waals surface area contributed by atoms with Gasteiger partial charge in [0.2, 0.25) is 0 Å². The zero-order valence-corrected chi connectivity index (χ0v) is 12.2. The summed E-state index contributed by atoms with van der Waals surface area (Å²) >= 11 is 0. The molecule has 1 rings (SSSR count). The van der Waals surface area contributed by atoms with Gasteiger partial charge in [-0.25, -0.2) is 9.97 Å². The molecule has 0 saturated carbocycles. The number of hydrogen-bond acceptors (Lipinski definition) is 4. The number of aromatic nitrogens is 2. The largest absolute Gasteiger partial charge is 0.373 e. The van der Waals surface area contributed by atoms with Crippen LogP contribution in [-0.4, -0.2) is 23.6 Å². The molecule has 1 aromatic heterocycles. The molecule has 0 saturated heterocycles. The summed E-state index contributed by atoms with van der Waals surface area (Å²) in [5.41, 5.74) is 1.17. The zero-order chi connectivity index (χ0) is 13.5. The van der Waals surface area contributed by atoms with Gasteiger partial charge in [0.05, 0.1) is 0 Å². The van der Waals surface area contributed by atoms with Crippen LogP contribution < -0.4 is 10.6 Å². The highest BCUT2D eigenvalue weighted by Crippen LogP contribution is 2.27. The standard InChI is InChI=1S/C14H26N4/c1-10(2)7-6-8-16-14-12(11(3)4)13(15-5)17-9-18-14/h9-11H,6-8H2,1-5H3,(H2,15,16,17,18). The third kappa shape index (κ3) is 4.17. The summed E-state index contributed by atoms with van der Waals surface area (Å²) in [6, 6.07) is 0. The lowest BCUT2D eigenvalue weighted by molar-refractivity contribution is 0.566. The second kappa shape index (κ2) is 7.19. The van der Waals surface area contributed by atoms with Gasteiger partial charge in [-0.05, 0) is 24.7 Å². The Labute approximate surface area is 111 Å². The molecule has 4 nitrogen and oxygen atoms in total. The maximum absolute atomic E-state index is 4.36. The van der Waals surface area contributed by atoms with E-state index in [2.05, 4.69) is 48.3 Å². The maximum atomic E-state index is 4.36. The predicted molar refractivity (Wildman–Crippen MR) is 78.2 cm³/mol. The number of nitrogens with one attached hydrogen (secondary N) is 2. The van der Waals surface area contributed by atoms with Crippen molar-refractivity contribution >= 4 is 11.6 Å². The van der Waals surface area contributed by atoms with Crippen molar-refractivity contribution in [2.45, 2.75) is 46.5 Å². The minimum Gasteiger partial charge on any atom is -0.373 e. The van der Waals surface area contributed by atoms with Gasteiger partial charge in [-0.3, -0.25) is 0 Å². The van der Waals surface area contributed by atoms with E-state index in [4.69, 9.17) is 0 Å². The van der Waals surface area contributed by atoms with Crippen molar-refractivity contribution in [3.05, 3.63) is 11.9 Å². The van der Waals surface area contributed by atoms with Gasteiger partial charge in [-0.15, -0.1) is 0 Å². The molecule has 0 spiro atoms. The molecule has 0 radical (unpaired) electrons. The maximum Gasteiger partial charge on any atom is 0.134 e. The van der Waals surface area contributed by atoms with Crippen molar-refractivity contribution in [1.29, 1.82) is 0 Å². The first-order valence-electron chi connectivity index (χ1n) is 6.82. The highest BCUT2D eigenvalue weighted by molar-refractivity contribution is 5.58. The lowest BCUT2D eigenvalue weighted by atomic mass is 10.0. The molecule has 4 heteroatoms. The fourth-order valence-electron chi connectivity index (χ4n) is 2.00. The minimum atomic E-state index is 0.404. The van der Waals surface area contributed by atoms with Crippen LogP contribution in [0.5, 0.6) is 0 Å². The van der Waals surface area contributed by atoms with E-state index in [9.17, 15) is 0 Å². The lowest BCUT2D eigenvalue weighted by Crippen LogP contribution is -2.11. The Bertz CT molecular complexity index is 361. The summed E-state index contributed by atoms with van der Waals surface area (Å²) in [7, 11) is 1.90. The second-order valence-electron chi connectivity index (χ2n) is 5.35. The molecule has 1 aromatic rings. The van der Waals surface area contributed by atoms with Crippen LogP contribution in [0.1, 0.15) is 52.0 Å². The summed E-state index contributed by atoms with van der Waals surface area (Å²) in [6.45, 7) is 9.81. The fourth-order valence-corrected chi connectivity index (χ4v) is 2.00. The SMILES string of the molecule is CNc1ncnc(NCCCC(C)C)c1C(C)C. The molecule has 0 bridgehead atoms. The van der Waals surface area contributed by atoms with Crippen molar-refractivity contribution in [2.75, 3.05) is 24.2 Å². The Kier molecular flexibility index (Phi) is 5.89. The molecule has 0 unspecified atom stereocenters. The summed E-state index contributed by atoms with van der Waals surface area (Å²) in [4.78, 5) is 8.64. The van der Waals surface area contributed by atoms with E-state index in [-0.39, 0.29) is 0 Å². The van der Waals surface area contributed by atoms with Crippen LogP contribution in [-0.2, 0) is 0 Å². The van der Waals surface area contributed by atoms with E-state index in [0.29, 0.717) is 5.92 Å². The van der Waals surface area contributed by atoms with Crippen LogP contribution in [0.2, 0.25) is 0 Å². The molecule has 18 heavy (non-hydrogen) atoms. The molecule has 0 aromatic carbocycles. The number of rotatable bonds is 7. The first-order chi connectivity index (χ1) is 8.56. The molecule has 0 atom stereocenters. The molecule has 0 amide bonds. The van der Waals surface area contributed by atoms with E-state index < -0.39 is 0 Å². The number of nitrogens with zero attached hydrogens (tertiary/aromatic N) is 2. The highest BCUT2D eigenvalue weighted by Gasteiger charge is 2.13. The number of anilines is 2. The Morgan fingerprint density at radius 1 is 1.11 bits per heavy atom. The Hall–Kier alpha value is -1.32. The van der Waals surface area contributed by atoms with Crippen molar-refractivity contribution in [1.82, 2.24) is 9.97 Å².